The van der Waals surface area contributed by atoms with Crippen molar-refractivity contribution >= 4 is 23.5 Å². The Labute approximate surface area is 104 Å². The van der Waals surface area contributed by atoms with E-state index < -0.39 is 12.1 Å². The number of benzene rings is 1. The minimum Gasteiger partial charge on any atom is -0.307 e. The van der Waals surface area contributed by atoms with Crippen molar-refractivity contribution in [3.63, 3.8) is 0 Å². The summed E-state index contributed by atoms with van der Waals surface area (Å²) in [5.74, 6) is 0. The highest BCUT2D eigenvalue weighted by molar-refractivity contribution is 5.94. The molecule has 94 valence electrons. The number of carbonyl (C=O) groups excluding carboxylic acids is 2. The second kappa shape index (κ2) is 5.17. The zero-order valence-corrected chi connectivity index (χ0v) is 9.80. The van der Waals surface area contributed by atoms with E-state index in [2.05, 4.69) is 21.3 Å². The van der Waals surface area contributed by atoms with Gasteiger partial charge in [0.15, 0.2) is 0 Å². The van der Waals surface area contributed by atoms with Crippen LogP contribution < -0.4 is 16.2 Å². The summed E-state index contributed by atoms with van der Waals surface area (Å²) in [6.45, 7) is 2.01. The Bertz CT molecular complexity index is 485. The lowest BCUT2D eigenvalue weighted by Gasteiger charge is -2.25. The molecule has 0 saturated carbocycles. The summed E-state index contributed by atoms with van der Waals surface area (Å²) in [7, 11) is 0. The van der Waals surface area contributed by atoms with Crippen LogP contribution in [0.5, 0.6) is 0 Å². The first-order valence-corrected chi connectivity index (χ1v) is 5.38. The number of hydrazone groups is 1. The van der Waals surface area contributed by atoms with Crippen LogP contribution in [0.1, 0.15) is 6.92 Å². The van der Waals surface area contributed by atoms with Crippen LogP contribution in [0.25, 0.3) is 0 Å². The zero-order valence-electron chi connectivity index (χ0n) is 9.80. The van der Waals surface area contributed by atoms with Gasteiger partial charge in [0.1, 0.15) is 0 Å². The van der Waals surface area contributed by atoms with E-state index in [9.17, 15) is 9.59 Å². The minimum atomic E-state index is -0.481. The Morgan fingerprint density at radius 1 is 1.39 bits per heavy atom. The van der Waals surface area contributed by atoms with Gasteiger partial charge in [0.25, 0.3) is 0 Å². The highest BCUT2D eigenvalue weighted by Crippen LogP contribution is 2.04. The molecule has 1 aromatic carbocycles. The van der Waals surface area contributed by atoms with E-state index in [0.29, 0.717) is 11.4 Å². The Hall–Kier alpha value is -2.57. The Balaban J connectivity index is 1.92. The largest absolute Gasteiger partial charge is 0.356 e. The fourth-order valence-electron chi connectivity index (χ4n) is 1.43. The molecule has 0 atom stereocenters. The first-order chi connectivity index (χ1) is 8.65. The Kier molecular flexibility index (Phi) is 3.42. The summed E-state index contributed by atoms with van der Waals surface area (Å²) < 4.78 is 0. The van der Waals surface area contributed by atoms with E-state index in [1.165, 1.54) is 0 Å². The van der Waals surface area contributed by atoms with Crippen molar-refractivity contribution in [2.45, 2.75) is 6.92 Å². The van der Waals surface area contributed by atoms with Crippen LogP contribution in [0.4, 0.5) is 15.3 Å². The predicted octanol–water partition coefficient (Wildman–Crippen LogP) is 1.12. The van der Waals surface area contributed by atoms with Gasteiger partial charge in [0, 0.05) is 5.69 Å². The molecule has 1 aliphatic rings. The van der Waals surface area contributed by atoms with Gasteiger partial charge in [0.05, 0.1) is 12.3 Å². The molecule has 1 aromatic rings. The molecule has 0 fully saturated rings. The molecule has 0 radical (unpaired) electrons. The third-order valence-corrected chi connectivity index (χ3v) is 2.24. The fraction of sp³-hybridized carbons (Fsp3) is 0.182. The van der Waals surface area contributed by atoms with Gasteiger partial charge < -0.3 is 5.32 Å². The molecule has 0 aliphatic carbocycles. The van der Waals surface area contributed by atoms with Crippen LogP contribution in [0, 0.1) is 0 Å². The third-order valence-electron chi connectivity index (χ3n) is 2.24. The molecule has 1 heterocycles. The molecule has 4 amide bonds. The average molecular weight is 247 g/mol. The molecule has 0 unspecified atom stereocenters. The SMILES string of the molecule is CC1=NNC(=O)N(NC(=O)Nc2ccccc2)C1. The van der Waals surface area contributed by atoms with Crippen LogP contribution in [0.3, 0.4) is 0 Å². The maximum atomic E-state index is 11.6. The molecule has 7 nitrogen and oxygen atoms in total. The van der Waals surface area contributed by atoms with E-state index in [1.54, 1.807) is 31.2 Å². The lowest BCUT2D eigenvalue weighted by atomic mass is 10.3. The third kappa shape index (κ3) is 2.97. The van der Waals surface area contributed by atoms with Crippen molar-refractivity contribution < 1.29 is 9.59 Å². The Morgan fingerprint density at radius 2 is 2.11 bits per heavy atom. The van der Waals surface area contributed by atoms with Crippen LogP contribution in [-0.2, 0) is 0 Å². The number of anilines is 1. The molecular weight excluding hydrogens is 234 g/mol. The van der Waals surface area contributed by atoms with E-state index in [0.717, 1.165) is 5.01 Å². The monoisotopic (exact) mass is 247 g/mol. The summed E-state index contributed by atoms with van der Waals surface area (Å²) in [4.78, 5) is 23.0. The highest BCUT2D eigenvalue weighted by atomic mass is 16.2. The van der Waals surface area contributed by atoms with Gasteiger partial charge in [0.2, 0.25) is 0 Å². The predicted molar refractivity (Wildman–Crippen MR) is 66.9 cm³/mol. The van der Waals surface area contributed by atoms with Gasteiger partial charge in [-0.25, -0.2) is 25.4 Å². The smallest absolute Gasteiger partial charge is 0.307 e. The van der Waals surface area contributed by atoms with E-state index in [4.69, 9.17) is 0 Å². The molecule has 0 aromatic heterocycles. The van der Waals surface area contributed by atoms with E-state index >= 15 is 0 Å². The molecule has 7 heteroatoms. The van der Waals surface area contributed by atoms with Crippen molar-refractivity contribution in [2.24, 2.45) is 5.10 Å². The van der Waals surface area contributed by atoms with Crippen molar-refractivity contribution in [3.8, 4) is 0 Å². The normalized spacial score (nSPS) is 14.6. The standard InChI is InChI=1S/C11H13N5O2/c1-8-7-16(11(18)14-13-8)15-10(17)12-9-5-3-2-4-6-9/h2-6H,7H2,1H3,(H,14,18)(H2,12,15,17). The molecule has 2 rings (SSSR count). The van der Waals surface area contributed by atoms with Crippen molar-refractivity contribution in [1.29, 1.82) is 0 Å². The van der Waals surface area contributed by atoms with Gasteiger partial charge >= 0.3 is 12.1 Å². The van der Waals surface area contributed by atoms with Crippen LogP contribution in [-0.4, -0.2) is 29.3 Å². The number of hydrogen-bond acceptors (Lipinski definition) is 3. The molecule has 0 saturated heterocycles. The van der Waals surface area contributed by atoms with Gasteiger partial charge in [-0.1, -0.05) is 18.2 Å². The number of rotatable bonds is 2. The maximum Gasteiger partial charge on any atom is 0.356 e. The number of amides is 4. The van der Waals surface area contributed by atoms with Crippen molar-refractivity contribution in [3.05, 3.63) is 30.3 Å². The highest BCUT2D eigenvalue weighted by Gasteiger charge is 2.20. The minimum absolute atomic E-state index is 0.258. The lowest BCUT2D eigenvalue weighted by molar-refractivity contribution is 0.177. The summed E-state index contributed by atoms with van der Waals surface area (Å²) in [6.07, 6.45) is 0. The number of urea groups is 2. The Morgan fingerprint density at radius 3 is 2.83 bits per heavy atom. The van der Waals surface area contributed by atoms with E-state index in [-0.39, 0.29) is 6.54 Å². The van der Waals surface area contributed by atoms with E-state index in [1.807, 2.05) is 6.07 Å². The number of para-hydroxylation sites is 1. The second-order valence-corrected chi connectivity index (χ2v) is 3.78. The first kappa shape index (κ1) is 11.9. The average Bonchev–Trinajstić information content (AvgIpc) is 2.35. The van der Waals surface area contributed by atoms with Crippen molar-refractivity contribution in [1.82, 2.24) is 15.9 Å². The number of carbonyl (C=O) groups is 2. The molecular formula is C11H13N5O2. The molecule has 0 bridgehead atoms. The molecule has 1 aliphatic heterocycles. The molecule has 0 spiro atoms. The maximum absolute atomic E-state index is 11.6. The second-order valence-electron chi connectivity index (χ2n) is 3.78. The summed E-state index contributed by atoms with van der Waals surface area (Å²) in [5.41, 5.74) is 6.08. The van der Waals surface area contributed by atoms with Crippen LogP contribution in [0.15, 0.2) is 35.4 Å². The van der Waals surface area contributed by atoms with Crippen LogP contribution in [0.2, 0.25) is 0 Å². The van der Waals surface area contributed by atoms with Gasteiger partial charge in [-0.2, -0.15) is 5.10 Å². The molecule has 18 heavy (non-hydrogen) atoms. The van der Waals surface area contributed by atoms with Gasteiger partial charge in [-0.3, -0.25) is 0 Å². The molecule has 3 N–H and O–H groups in total. The lowest BCUT2D eigenvalue weighted by Crippen LogP contribution is -2.55. The first-order valence-electron chi connectivity index (χ1n) is 5.38. The van der Waals surface area contributed by atoms with Gasteiger partial charge in [-0.15, -0.1) is 0 Å². The van der Waals surface area contributed by atoms with Crippen molar-refractivity contribution in [2.75, 3.05) is 11.9 Å². The zero-order chi connectivity index (χ0) is 13.0. The summed E-state index contributed by atoms with van der Waals surface area (Å²) >= 11 is 0. The quantitative estimate of drug-likeness (QED) is 0.731. The topological polar surface area (TPSA) is 85.8 Å². The number of hydrogen-bond donors (Lipinski definition) is 3. The summed E-state index contributed by atoms with van der Waals surface area (Å²) in [6, 6.07) is 8.02. The number of nitrogens with zero attached hydrogens (tertiary/aromatic N) is 2. The van der Waals surface area contributed by atoms with Crippen LogP contribution >= 0.6 is 0 Å². The number of hydrazine groups is 1. The fourth-order valence-corrected chi connectivity index (χ4v) is 1.43. The van der Waals surface area contributed by atoms with Gasteiger partial charge in [-0.05, 0) is 19.1 Å². The summed E-state index contributed by atoms with van der Waals surface area (Å²) in [5, 5.41) is 7.52. The number of nitrogens with one attached hydrogen (secondary N) is 3.